The van der Waals surface area contributed by atoms with Gasteiger partial charge in [0.15, 0.2) is 0 Å². The van der Waals surface area contributed by atoms with Crippen molar-refractivity contribution < 1.29 is 13.9 Å². The highest BCUT2D eigenvalue weighted by atomic mass is 19.1. The molecule has 0 saturated carbocycles. The zero-order chi connectivity index (χ0) is 15.4. The van der Waals surface area contributed by atoms with Gasteiger partial charge in [-0.25, -0.2) is 4.39 Å². The van der Waals surface area contributed by atoms with E-state index in [-0.39, 0.29) is 17.8 Å². The molecule has 3 nitrogen and oxygen atoms in total. The summed E-state index contributed by atoms with van der Waals surface area (Å²) < 4.78 is 18.7. The Kier molecular flexibility index (Phi) is 4.49. The summed E-state index contributed by atoms with van der Waals surface area (Å²) in [4.78, 5) is 14.3. The molecule has 1 aliphatic rings. The zero-order valence-electron chi connectivity index (χ0n) is 12.2. The van der Waals surface area contributed by atoms with E-state index in [2.05, 4.69) is 0 Å². The first-order chi connectivity index (χ1) is 10.7. The molecule has 0 bridgehead atoms. The van der Waals surface area contributed by atoms with Crippen molar-refractivity contribution in [2.24, 2.45) is 0 Å². The third kappa shape index (κ3) is 3.52. The average molecular weight is 299 g/mol. The lowest BCUT2D eigenvalue weighted by Gasteiger charge is -2.33. The Morgan fingerprint density at radius 1 is 1.14 bits per heavy atom. The lowest BCUT2D eigenvalue weighted by molar-refractivity contribution is -0.0208. The first kappa shape index (κ1) is 14.7. The van der Waals surface area contributed by atoms with Gasteiger partial charge in [0.05, 0.1) is 12.7 Å². The van der Waals surface area contributed by atoms with Crippen LogP contribution >= 0.6 is 0 Å². The van der Waals surface area contributed by atoms with Gasteiger partial charge in [-0.3, -0.25) is 4.79 Å². The van der Waals surface area contributed by atoms with E-state index < -0.39 is 0 Å². The van der Waals surface area contributed by atoms with Crippen LogP contribution in [0.2, 0.25) is 0 Å². The van der Waals surface area contributed by atoms with Gasteiger partial charge in [0.2, 0.25) is 0 Å². The Balaban J connectivity index is 1.64. The van der Waals surface area contributed by atoms with Crippen LogP contribution in [0.1, 0.15) is 15.9 Å². The van der Waals surface area contributed by atoms with E-state index in [1.807, 2.05) is 35.2 Å². The number of halogens is 1. The molecular weight excluding hydrogens is 281 g/mol. The summed E-state index contributed by atoms with van der Waals surface area (Å²) >= 11 is 0. The van der Waals surface area contributed by atoms with E-state index in [0.29, 0.717) is 31.7 Å². The number of hydrogen-bond acceptors (Lipinski definition) is 2. The Labute approximate surface area is 129 Å². The van der Waals surface area contributed by atoms with Crippen molar-refractivity contribution in [1.29, 1.82) is 0 Å². The molecule has 2 aromatic carbocycles. The van der Waals surface area contributed by atoms with Gasteiger partial charge in [-0.2, -0.15) is 0 Å². The van der Waals surface area contributed by atoms with Crippen molar-refractivity contribution in [1.82, 2.24) is 4.90 Å². The van der Waals surface area contributed by atoms with Crippen molar-refractivity contribution in [3.63, 3.8) is 0 Å². The summed E-state index contributed by atoms with van der Waals surface area (Å²) in [5.74, 6) is -0.206. The fourth-order valence-corrected chi connectivity index (χ4v) is 2.67. The maximum atomic E-state index is 12.9. The maximum absolute atomic E-state index is 12.9. The molecule has 0 radical (unpaired) electrons. The largest absolute Gasteiger partial charge is 0.374 e. The van der Waals surface area contributed by atoms with Gasteiger partial charge in [-0.1, -0.05) is 30.3 Å². The van der Waals surface area contributed by atoms with Gasteiger partial charge >= 0.3 is 0 Å². The molecule has 22 heavy (non-hydrogen) atoms. The lowest BCUT2D eigenvalue weighted by Crippen LogP contribution is -2.46. The minimum Gasteiger partial charge on any atom is -0.374 e. The van der Waals surface area contributed by atoms with E-state index >= 15 is 0 Å². The zero-order valence-corrected chi connectivity index (χ0v) is 12.2. The van der Waals surface area contributed by atoms with Gasteiger partial charge in [-0.05, 0) is 29.8 Å². The van der Waals surface area contributed by atoms with Crippen LogP contribution in [-0.4, -0.2) is 36.6 Å². The highest BCUT2D eigenvalue weighted by Crippen LogP contribution is 2.15. The fraction of sp³-hybridized carbons (Fsp3) is 0.278. The summed E-state index contributed by atoms with van der Waals surface area (Å²) in [6.45, 7) is 1.70. The monoisotopic (exact) mass is 299 g/mol. The number of rotatable bonds is 3. The highest BCUT2D eigenvalue weighted by Gasteiger charge is 2.25. The van der Waals surface area contributed by atoms with Crippen molar-refractivity contribution >= 4 is 5.91 Å². The van der Waals surface area contributed by atoms with E-state index in [9.17, 15) is 9.18 Å². The molecule has 1 aliphatic heterocycles. The van der Waals surface area contributed by atoms with Crippen LogP contribution in [0.3, 0.4) is 0 Å². The number of benzene rings is 2. The molecule has 1 fully saturated rings. The number of carbonyl (C=O) groups is 1. The summed E-state index contributed by atoms with van der Waals surface area (Å²) in [5.41, 5.74) is 1.71. The third-order valence-electron chi connectivity index (χ3n) is 3.82. The SMILES string of the molecule is O=C(c1ccccc1)N1CCOC(Cc2ccc(F)cc2)C1. The van der Waals surface area contributed by atoms with Gasteiger partial charge < -0.3 is 9.64 Å². The first-order valence-electron chi connectivity index (χ1n) is 7.43. The molecule has 3 rings (SSSR count). The number of ether oxygens (including phenoxy) is 1. The molecular formula is C18H18FNO2. The van der Waals surface area contributed by atoms with Gasteiger partial charge in [-0.15, -0.1) is 0 Å². The lowest BCUT2D eigenvalue weighted by atomic mass is 10.1. The quantitative estimate of drug-likeness (QED) is 0.872. The normalized spacial score (nSPS) is 18.2. The second kappa shape index (κ2) is 6.71. The number of carbonyl (C=O) groups excluding carboxylic acids is 1. The molecule has 1 atom stereocenters. The van der Waals surface area contributed by atoms with Gasteiger partial charge in [0.25, 0.3) is 5.91 Å². The van der Waals surface area contributed by atoms with Crippen molar-refractivity contribution in [2.75, 3.05) is 19.7 Å². The van der Waals surface area contributed by atoms with E-state index in [1.54, 1.807) is 12.1 Å². The fourth-order valence-electron chi connectivity index (χ4n) is 2.67. The van der Waals surface area contributed by atoms with Crippen LogP contribution in [0, 0.1) is 5.82 Å². The first-order valence-corrected chi connectivity index (χ1v) is 7.43. The predicted molar refractivity (Wildman–Crippen MR) is 82.2 cm³/mol. The Morgan fingerprint density at radius 2 is 1.86 bits per heavy atom. The summed E-state index contributed by atoms with van der Waals surface area (Å²) in [6, 6.07) is 15.7. The Morgan fingerprint density at radius 3 is 2.59 bits per heavy atom. The van der Waals surface area contributed by atoms with Crippen LogP contribution < -0.4 is 0 Å². The van der Waals surface area contributed by atoms with E-state index in [4.69, 9.17) is 4.74 Å². The van der Waals surface area contributed by atoms with Crippen LogP contribution in [0.15, 0.2) is 54.6 Å². The molecule has 4 heteroatoms. The Bertz CT molecular complexity index is 627. The number of nitrogens with zero attached hydrogens (tertiary/aromatic N) is 1. The molecule has 1 amide bonds. The van der Waals surface area contributed by atoms with E-state index in [1.165, 1.54) is 12.1 Å². The number of hydrogen-bond donors (Lipinski definition) is 0. The molecule has 2 aromatic rings. The summed E-state index contributed by atoms with van der Waals surface area (Å²) in [5, 5.41) is 0. The number of morpholine rings is 1. The van der Waals surface area contributed by atoms with Crippen LogP contribution in [-0.2, 0) is 11.2 Å². The Hall–Kier alpha value is -2.20. The molecule has 1 unspecified atom stereocenters. The predicted octanol–water partition coefficient (Wildman–Crippen LogP) is 2.91. The van der Waals surface area contributed by atoms with E-state index in [0.717, 1.165) is 5.56 Å². The third-order valence-corrected chi connectivity index (χ3v) is 3.82. The highest BCUT2D eigenvalue weighted by molar-refractivity contribution is 5.94. The van der Waals surface area contributed by atoms with Crippen molar-refractivity contribution in [2.45, 2.75) is 12.5 Å². The summed E-state index contributed by atoms with van der Waals surface area (Å²) in [6.07, 6.45) is 0.630. The van der Waals surface area contributed by atoms with Crippen molar-refractivity contribution in [3.05, 3.63) is 71.5 Å². The topological polar surface area (TPSA) is 29.5 Å². The second-order valence-electron chi connectivity index (χ2n) is 5.44. The van der Waals surface area contributed by atoms with Crippen LogP contribution in [0.5, 0.6) is 0 Å². The molecule has 114 valence electrons. The molecule has 0 aromatic heterocycles. The molecule has 0 aliphatic carbocycles. The molecule has 1 heterocycles. The van der Waals surface area contributed by atoms with Crippen molar-refractivity contribution in [3.8, 4) is 0 Å². The van der Waals surface area contributed by atoms with Crippen LogP contribution in [0.4, 0.5) is 4.39 Å². The summed E-state index contributed by atoms with van der Waals surface area (Å²) in [7, 11) is 0. The molecule has 0 N–H and O–H groups in total. The van der Waals surface area contributed by atoms with Gasteiger partial charge in [0, 0.05) is 25.1 Å². The van der Waals surface area contributed by atoms with Crippen LogP contribution in [0.25, 0.3) is 0 Å². The van der Waals surface area contributed by atoms with Gasteiger partial charge in [0.1, 0.15) is 5.82 Å². The molecule has 1 saturated heterocycles. The smallest absolute Gasteiger partial charge is 0.254 e. The standard InChI is InChI=1S/C18H18FNO2/c19-16-8-6-14(7-9-16)12-17-13-20(10-11-22-17)18(21)15-4-2-1-3-5-15/h1-9,17H,10-13H2. The number of amides is 1. The minimum absolute atomic E-state index is 0.0352. The second-order valence-corrected chi connectivity index (χ2v) is 5.44. The molecule has 0 spiro atoms. The minimum atomic E-state index is -0.241. The maximum Gasteiger partial charge on any atom is 0.254 e. The average Bonchev–Trinajstić information content (AvgIpc) is 2.57.